The van der Waals surface area contributed by atoms with E-state index >= 15 is 0 Å². The topological polar surface area (TPSA) is 37.8 Å². The van der Waals surface area contributed by atoms with E-state index in [9.17, 15) is 0 Å². The molecule has 0 saturated heterocycles. The van der Waals surface area contributed by atoms with Gasteiger partial charge in [-0.3, -0.25) is 4.98 Å². The normalized spacial score (nSPS) is 12.7. The van der Waals surface area contributed by atoms with E-state index in [1.54, 1.807) is 11.3 Å². The van der Waals surface area contributed by atoms with Crippen molar-refractivity contribution in [2.45, 2.75) is 13.0 Å². The molecule has 0 radical (unpaired) electrons. The van der Waals surface area contributed by atoms with E-state index in [1.807, 2.05) is 26.2 Å². The van der Waals surface area contributed by atoms with Crippen molar-refractivity contribution in [3.8, 4) is 0 Å². The molecule has 4 heteroatoms. The third-order valence-electron chi connectivity index (χ3n) is 3.20. The average molecular weight is 269 g/mol. The molecule has 0 aliphatic carbocycles. The highest BCUT2D eigenvalue weighted by Crippen LogP contribution is 2.28. The molecule has 19 heavy (non-hydrogen) atoms. The van der Waals surface area contributed by atoms with Crippen molar-refractivity contribution in [3.05, 3.63) is 58.2 Å². The van der Waals surface area contributed by atoms with Crippen molar-refractivity contribution < 1.29 is 0 Å². The summed E-state index contributed by atoms with van der Waals surface area (Å²) in [7, 11) is 1.96. The molecule has 0 saturated carbocycles. The van der Waals surface area contributed by atoms with Crippen molar-refractivity contribution in [3.63, 3.8) is 0 Å². The molecule has 2 aromatic heterocycles. The molecule has 1 N–H and O–H groups in total. The number of thiazole rings is 1. The van der Waals surface area contributed by atoms with Gasteiger partial charge in [0.1, 0.15) is 0 Å². The average Bonchev–Trinajstić information content (AvgIpc) is 2.86. The number of pyridine rings is 1. The predicted octanol–water partition coefficient (Wildman–Crippen LogP) is 3.31. The second-order valence-electron chi connectivity index (χ2n) is 4.44. The van der Waals surface area contributed by atoms with Crippen molar-refractivity contribution in [2.24, 2.45) is 0 Å². The Morgan fingerprint density at radius 2 is 2.05 bits per heavy atom. The van der Waals surface area contributed by atoms with E-state index in [0.717, 1.165) is 21.6 Å². The molecular formula is C15H15N3S. The zero-order valence-electron chi connectivity index (χ0n) is 10.9. The van der Waals surface area contributed by atoms with Crippen molar-refractivity contribution >= 4 is 22.2 Å². The second-order valence-corrected chi connectivity index (χ2v) is 5.50. The van der Waals surface area contributed by atoms with Crippen LogP contribution in [-0.4, -0.2) is 17.0 Å². The van der Waals surface area contributed by atoms with Gasteiger partial charge in [-0.15, -0.1) is 11.3 Å². The molecule has 2 heterocycles. The summed E-state index contributed by atoms with van der Waals surface area (Å²) in [5.41, 5.74) is 3.27. The number of aryl methyl sites for hydroxylation is 1. The van der Waals surface area contributed by atoms with Gasteiger partial charge in [0.2, 0.25) is 0 Å². The lowest BCUT2D eigenvalue weighted by Gasteiger charge is -2.16. The number of benzene rings is 1. The van der Waals surface area contributed by atoms with E-state index in [0.29, 0.717) is 0 Å². The summed E-state index contributed by atoms with van der Waals surface area (Å²) in [6.45, 7) is 2.03. The highest BCUT2D eigenvalue weighted by molar-refractivity contribution is 7.09. The van der Waals surface area contributed by atoms with Crippen LogP contribution in [0.2, 0.25) is 0 Å². The van der Waals surface area contributed by atoms with Gasteiger partial charge in [0, 0.05) is 22.5 Å². The number of hydrogen-bond acceptors (Lipinski definition) is 4. The summed E-state index contributed by atoms with van der Waals surface area (Å²) in [6.07, 6.45) is 1.84. The first-order valence-electron chi connectivity index (χ1n) is 6.22. The zero-order valence-corrected chi connectivity index (χ0v) is 11.7. The van der Waals surface area contributed by atoms with Crippen LogP contribution in [0.1, 0.15) is 22.3 Å². The summed E-state index contributed by atoms with van der Waals surface area (Å²) in [5, 5.41) is 7.70. The maximum atomic E-state index is 4.59. The number of fused-ring (bicyclic) bond motifs is 1. The van der Waals surface area contributed by atoms with Crippen molar-refractivity contribution in [2.75, 3.05) is 7.05 Å². The Kier molecular flexibility index (Phi) is 3.27. The first-order valence-corrected chi connectivity index (χ1v) is 7.10. The van der Waals surface area contributed by atoms with Gasteiger partial charge in [-0.1, -0.05) is 24.3 Å². The minimum atomic E-state index is 0.0866. The highest BCUT2D eigenvalue weighted by Gasteiger charge is 2.17. The smallest absolute Gasteiger partial charge is 0.0898 e. The molecule has 3 rings (SSSR count). The van der Waals surface area contributed by atoms with Crippen LogP contribution in [0.4, 0.5) is 0 Å². The molecule has 1 atom stereocenters. The third-order valence-corrected chi connectivity index (χ3v) is 3.99. The number of rotatable bonds is 3. The largest absolute Gasteiger partial charge is 0.308 e. The molecule has 0 fully saturated rings. The fraction of sp³-hybridized carbons (Fsp3) is 0.200. The quantitative estimate of drug-likeness (QED) is 0.792. The Bertz CT molecular complexity index is 700. The van der Waals surface area contributed by atoms with E-state index in [2.05, 4.69) is 44.9 Å². The second kappa shape index (κ2) is 5.07. The first-order chi connectivity index (χ1) is 9.29. The SMILES string of the molecule is CNC(c1csc(C)n1)c1cccc2cccnc12. The van der Waals surface area contributed by atoms with Crippen LogP contribution in [-0.2, 0) is 0 Å². The summed E-state index contributed by atoms with van der Waals surface area (Å²) < 4.78 is 0. The zero-order chi connectivity index (χ0) is 13.2. The summed E-state index contributed by atoms with van der Waals surface area (Å²) >= 11 is 1.68. The number of hydrogen-bond donors (Lipinski definition) is 1. The maximum absolute atomic E-state index is 4.59. The van der Waals surface area contributed by atoms with Gasteiger partial charge in [0.25, 0.3) is 0 Å². The standard InChI is InChI=1S/C15H15N3S/c1-10-18-13(9-19-10)15(16-2)12-7-3-5-11-6-4-8-17-14(11)12/h3-9,15-16H,1-2H3. The van der Waals surface area contributed by atoms with Crippen LogP contribution < -0.4 is 5.32 Å². The molecule has 3 aromatic rings. The maximum Gasteiger partial charge on any atom is 0.0898 e. The minimum absolute atomic E-state index is 0.0866. The monoisotopic (exact) mass is 269 g/mol. The van der Waals surface area contributed by atoms with E-state index in [4.69, 9.17) is 0 Å². The molecule has 0 amide bonds. The Labute approximate surface area is 116 Å². The minimum Gasteiger partial charge on any atom is -0.308 e. The lowest BCUT2D eigenvalue weighted by Crippen LogP contribution is -2.18. The molecule has 0 aliphatic rings. The fourth-order valence-electron chi connectivity index (χ4n) is 2.34. The van der Waals surface area contributed by atoms with Crippen LogP contribution in [0.3, 0.4) is 0 Å². The highest BCUT2D eigenvalue weighted by atomic mass is 32.1. The predicted molar refractivity (Wildman–Crippen MR) is 79.5 cm³/mol. The van der Waals surface area contributed by atoms with E-state index in [1.165, 1.54) is 5.56 Å². The van der Waals surface area contributed by atoms with Crippen LogP contribution in [0.25, 0.3) is 10.9 Å². The van der Waals surface area contributed by atoms with Gasteiger partial charge in [-0.25, -0.2) is 4.98 Å². The summed E-state index contributed by atoms with van der Waals surface area (Å²) in [4.78, 5) is 9.11. The lowest BCUT2D eigenvalue weighted by atomic mass is 10.0. The molecular weight excluding hydrogens is 254 g/mol. The third kappa shape index (κ3) is 2.25. The molecule has 96 valence electrons. The molecule has 1 aromatic carbocycles. The molecule has 0 spiro atoms. The van der Waals surface area contributed by atoms with Crippen LogP contribution >= 0.6 is 11.3 Å². The fourth-order valence-corrected chi connectivity index (χ4v) is 2.97. The Hall–Kier alpha value is -1.78. The molecule has 3 nitrogen and oxygen atoms in total. The molecule has 0 bridgehead atoms. The van der Waals surface area contributed by atoms with Gasteiger partial charge in [-0.2, -0.15) is 0 Å². The van der Waals surface area contributed by atoms with Crippen LogP contribution in [0, 0.1) is 6.92 Å². The number of nitrogens with one attached hydrogen (secondary N) is 1. The van der Waals surface area contributed by atoms with E-state index < -0.39 is 0 Å². The Morgan fingerprint density at radius 3 is 2.79 bits per heavy atom. The summed E-state index contributed by atoms with van der Waals surface area (Å²) in [6, 6.07) is 10.4. The molecule has 0 aliphatic heterocycles. The van der Waals surface area contributed by atoms with Gasteiger partial charge >= 0.3 is 0 Å². The number of para-hydroxylation sites is 1. The van der Waals surface area contributed by atoms with Crippen molar-refractivity contribution in [1.29, 1.82) is 0 Å². The summed E-state index contributed by atoms with van der Waals surface area (Å²) in [5.74, 6) is 0. The van der Waals surface area contributed by atoms with Gasteiger partial charge in [0.15, 0.2) is 0 Å². The molecule has 1 unspecified atom stereocenters. The first kappa shape index (κ1) is 12.3. The number of aromatic nitrogens is 2. The van der Waals surface area contributed by atoms with Gasteiger partial charge < -0.3 is 5.32 Å². The van der Waals surface area contributed by atoms with E-state index in [-0.39, 0.29) is 6.04 Å². The lowest BCUT2D eigenvalue weighted by molar-refractivity contribution is 0.677. The Morgan fingerprint density at radius 1 is 1.21 bits per heavy atom. The van der Waals surface area contributed by atoms with Crippen molar-refractivity contribution in [1.82, 2.24) is 15.3 Å². The van der Waals surface area contributed by atoms with Crippen LogP contribution in [0.5, 0.6) is 0 Å². The van der Waals surface area contributed by atoms with Gasteiger partial charge in [0.05, 0.1) is 22.3 Å². The number of nitrogens with zero attached hydrogens (tertiary/aromatic N) is 2. The van der Waals surface area contributed by atoms with Gasteiger partial charge in [-0.05, 0) is 20.0 Å². The van der Waals surface area contributed by atoms with Crippen LogP contribution in [0.15, 0.2) is 41.9 Å². The Balaban J connectivity index is 2.16.